The molecule has 0 unspecified atom stereocenters. The molecule has 1 heterocycles. The zero-order chi connectivity index (χ0) is 15.6. The smallest absolute Gasteiger partial charge is 0.270 e. The molecule has 3 N–H and O–H groups in total. The number of benzene rings is 1. The molecule has 7 nitrogen and oxygen atoms in total. The molecule has 0 aliphatic rings. The number of thiazole rings is 1. The summed E-state index contributed by atoms with van der Waals surface area (Å²) in [6.07, 6.45) is 0. The fourth-order valence-electron chi connectivity index (χ4n) is 1.56. The van der Waals surface area contributed by atoms with Crippen LogP contribution in [0.1, 0.15) is 13.8 Å². The van der Waals surface area contributed by atoms with Crippen LogP contribution < -0.4 is 10.6 Å². The Morgan fingerprint density at radius 3 is 2.90 bits per heavy atom. The molecule has 0 amide bonds. The normalized spacial score (nSPS) is 11.4. The Morgan fingerprint density at radius 2 is 2.29 bits per heavy atom. The molecule has 21 heavy (non-hydrogen) atoms. The molecule has 1 aromatic carbocycles. The van der Waals surface area contributed by atoms with Crippen molar-refractivity contribution in [3.05, 3.63) is 28.3 Å². The van der Waals surface area contributed by atoms with E-state index in [1.807, 2.05) is 13.8 Å². The van der Waals surface area contributed by atoms with E-state index in [0.29, 0.717) is 20.5 Å². The summed E-state index contributed by atoms with van der Waals surface area (Å²) in [5, 5.41) is 26.7. The van der Waals surface area contributed by atoms with Crippen molar-refractivity contribution in [1.29, 1.82) is 0 Å². The Hall–Kier alpha value is -1.84. The van der Waals surface area contributed by atoms with Crippen LogP contribution in [0, 0.1) is 10.1 Å². The van der Waals surface area contributed by atoms with Crippen LogP contribution in [0.15, 0.2) is 18.2 Å². The molecule has 0 bridgehead atoms. The molecular weight excluding hydrogens is 312 g/mol. The summed E-state index contributed by atoms with van der Waals surface area (Å²) in [6, 6.07) is 4.49. The Bertz CT molecular complexity index is 699. The van der Waals surface area contributed by atoms with Gasteiger partial charge in [-0.15, -0.1) is 0 Å². The summed E-state index contributed by atoms with van der Waals surface area (Å²) in [4.78, 5) is 14.6. The lowest BCUT2D eigenvalue weighted by atomic mass is 10.1. The van der Waals surface area contributed by atoms with Gasteiger partial charge in [-0.3, -0.25) is 10.1 Å². The third kappa shape index (κ3) is 3.84. The minimum Gasteiger partial charge on any atom is -0.394 e. The highest BCUT2D eigenvalue weighted by molar-refractivity contribution is 7.80. The summed E-state index contributed by atoms with van der Waals surface area (Å²) in [5.74, 6) is 0. The van der Waals surface area contributed by atoms with E-state index >= 15 is 0 Å². The van der Waals surface area contributed by atoms with E-state index in [2.05, 4.69) is 15.6 Å². The molecule has 1 aromatic heterocycles. The van der Waals surface area contributed by atoms with Crippen LogP contribution in [0.2, 0.25) is 0 Å². The SMILES string of the molecule is CC(C)(CO)NC(=S)Nc1nc2ccc([N+](=O)[O-])cc2s1. The number of aromatic nitrogens is 1. The maximum absolute atomic E-state index is 10.7. The number of aliphatic hydroxyl groups is 1. The summed E-state index contributed by atoms with van der Waals surface area (Å²) in [5.41, 5.74) is 0.150. The highest BCUT2D eigenvalue weighted by atomic mass is 32.1. The zero-order valence-electron chi connectivity index (χ0n) is 11.4. The van der Waals surface area contributed by atoms with E-state index in [4.69, 9.17) is 12.2 Å². The van der Waals surface area contributed by atoms with Gasteiger partial charge in [-0.05, 0) is 32.1 Å². The molecule has 112 valence electrons. The highest BCUT2D eigenvalue weighted by Crippen LogP contribution is 2.29. The Balaban J connectivity index is 2.16. The van der Waals surface area contributed by atoms with E-state index in [1.54, 1.807) is 6.07 Å². The predicted octanol–water partition coefficient (Wildman–Crippen LogP) is 2.26. The molecular formula is C12H14N4O3S2. The molecule has 0 spiro atoms. The molecule has 0 atom stereocenters. The van der Waals surface area contributed by atoms with Crippen LogP contribution in [0.25, 0.3) is 10.2 Å². The van der Waals surface area contributed by atoms with Gasteiger partial charge in [0.25, 0.3) is 5.69 Å². The van der Waals surface area contributed by atoms with Gasteiger partial charge in [-0.2, -0.15) is 0 Å². The van der Waals surface area contributed by atoms with Gasteiger partial charge in [0.15, 0.2) is 10.2 Å². The number of hydrogen-bond acceptors (Lipinski definition) is 6. The Morgan fingerprint density at radius 1 is 1.57 bits per heavy atom. The van der Waals surface area contributed by atoms with E-state index in [-0.39, 0.29) is 12.3 Å². The van der Waals surface area contributed by atoms with Gasteiger partial charge in [0.2, 0.25) is 0 Å². The van der Waals surface area contributed by atoms with Crippen LogP contribution in [-0.2, 0) is 0 Å². The average Bonchev–Trinajstić information content (AvgIpc) is 2.78. The Kier molecular flexibility index (Phi) is 4.35. The third-order valence-corrected chi connectivity index (χ3v) is 3.79. The number of aliphatic hydroxyl groups excluding tert-OH is 1. The molecule has 2 rings (SSSR count). The van der Waals surface area contributed by atoms with Crippen LogP contribution in [0.5, 0.6) is 0 Å². The van der Waals surface area contributed by atoms with Crippen LogP contribution in [0.4, 0.5) is 10.8 Å². The second kappa shape index (κ2) is 5.88. The number of nitro groups is 1. The average molecular weight is 326 g/mol. The third-order valence-electron chi connectivity index (χ3n) is 2.65. The number of anilines is 1. The molecule has 9 heteroatoms. The second-order valence-corrected chi connectivity index (χ2v) is 6.49. The van der Waals surface area contributed by atoms with Gasteiger partial charge in [0, 0.05) is 12.1 Å². The maximum atomic E-state index is 10.7. The van der Waals surface area contributed by atoms with E-state index in [0.717, 1.165) is 0 Å². The van der Waals surface area contributed by atoms with Crippen molar-refractivity contribution < 1.29 is 10.0 Å². The lowest BCUT2D eigenvalue weighted by molar-refractivity contribution is -0.384. The number of rotatable bonds is 4. The van der Waals surface area contributed by atoms with E-state index in [1.165, 1.54) is 23.5 Å². The van der Waals surface area contributed by atoms with Crippen molar-refractivity contribution >= 4 is 49.7 Å². The highest BCUT2D eigenvalue weighted by Gasteiger charge is 2.18. The summed E-state index contributed by atoms with van der Waals surface area (Å²) < 4.78 is 0.705. The standard InChI is InChI=1S/C12H14N4O3S2/c1-12(2,6-17)15-10(20)14-11-13-8-4-3-7(16(18)19)5-9(8)21-11/h3-5,17H,6H2,1-2H3,(H2,13,14,15,20). The number of nitro benzene ring substituents is 1. The first-order valence-corrected chi connectivity index (χ1v) is 7.28. The predicted molar refractivity (Wildman–Crippen MR) is 86.8 cm³/mol. The molecule has 0 aliphatic heterocycles. The van der Waals surface area contributed by atoms with Gasteiger partial charge >= 0.3 is 0 Å². The largest absolute Gasteiger partial charge is 0.394 e. The topological polar surface area (TPSA) is 100 Å². The number of fused-ring (bicyclic) bond motifs is 1. The fourth-order valence-corrected chi connectivity index (χ4v) is 2.90. The zero-order valence-corrected chi connectivity index (χ0v) is 13.0. The first-order chi connectivity index (χ1) is 9.80. The van der Waals surface area contributed by atoms with Crippen molar-refractivity contribution in [2.75, 3.05) is 11.9 Å². The number of nitrogens with one attached hydrogen (secondary N) is 2. The Labute approximate surface area is 130 Å². The van der Waals surface area contributed by atoms with Gasteiger partial charge in [-0.1, -0.05) is 11.3 Å². The van der Waals surface area contributed by atoms with Crippen LogP contribution >= 0.6 is 23.6 Å². The molecule has 0 aliphatic carbocycles. The first kappa shape index (κ1) is 15.5. The first-order valence-electron chi connectivity index (χ1n) is 6.06. The quantitative estimate of drug-likeness (QED) is 0.450. The molecule has 0 radical (unpaired) electrons. The van der Waals surface area contributed by atoms with E-state index < -0.39 is 10.5 Å². The summed E-state index contributed by atoms with van der Waals surface area (Å²) in [6.45, 7) is 3.55. The summed E-state index contributed by atoms with van der Waals surface area (Å²) >= 11 is 6.42. The number of non-ortho nitro benzene ring substituents is 1. The lowest BCUT2D eigenvalue weighted by Crippen LogP contribution is -2.47. The van der Waals surface area contributed by atoms with Crippen molar-refractivity contribution in [3.63, 3.8) is 0 Å². The van der Waals surface area contributed by atoms with Gasteiger partial charge in [0.05, 0.1) is 27.3 Å². The van der Waals surface area contributed by atoms with Crippen molar-refractivity contribution in [2.24, 2.45) is 0 Å². The molecule has 0 saturated heterocycles. The minimum absolute atomic E-state index is 0.0276. The van der Waals surface area contributed by atoms with E-state index in [9.17, 15) is 15.2 Å². The molecule has 2 aromatic rings. The van der Waals surface area contributed by atoms with Crippen molar-refractivity contribution in [2.45, 2.75) is 19.4 Å². The van der Waals surface area contributed by atoms with Gasteiger partial charge in [-0.25, -0.2) is 4.98 Å². The molecule has 0 saturated carbocycles. The summed E-state index contributed by atoms with van der Waals surface area (Å²) in [7, 11) is 0. The molecule has 0 fully saturated rings. The van der Waals surface area contributed by atoms with Crippen LogP contribution in [-0.4, -0.2) is 32.3 Å². The van der Waals surface area contributed by atoms with Crippen LogP contribution in [0.3, 0.4) is 0 Å². The van der Waals surface area contributed by atoms with Crippen molar-refractivity contribution in [3.8, 4) is 0 Å². The van der Waals surface area contributed by atoms with Gasteiger partial charge < -0.3 is 15.7 Å². The minimum atomic E-state index is -0.542. The monoisotopic (exact) mass is 326 g/mol. The number of thiocarbonyl (C=S) groups is 1. The number of nitrogens with zero attached hydrogens (tertiary/aromatic N) is 2. The number of hydrogen-bond donors (Lipinski definition) is 3. The second-order valence-electron chi connectivity index (χ2n) is 5.05. The van der Waals surface area contributed by atoms with Crippen molar-refractivity contribution in [1.82, 2.24) is 10.3 Å². The maximum Gasteiger partial charge on any atom is 0.270 e. The fraction of sp³-hybridized carbons (Fsp3) is 0.333. The van der Waals surface area contributed by atoms with Gasteiger partial charge in [0.1, 0.15) is 0 Å². The lowest BCUT2D eigenvalue weighted by Gasteiger charge is -2.24.